The van der Waals surface area contributed by atoms with Gasteiger partial charge in [0.1, 0.15) is 23.1 Å². The first-order valence-electron chi connectivity index (χ1n) is 10.8. The standard InChI is InChI=1S/C24H21F2N7/c1-30-9-6-16(14-30)17-12-27-33(15-17)22-13-28-32-10-7-23(29-24(22)32)31-8-2-3-21(31)19-11-18(25)4-5-20(19)26/h4-7,9-15,21H,2-3,8H2,1H3/t21-/m1/s1. The van der Waals surface area contributed by atoms with Crippen LogP contribution in [0.5, 0.6) is 0 Å². The normalized spacial score (nSPS) is 16.2. The monoisotopic (exact) mass is 445 g/mol. The molecular formula is C24H21F2N7. The molecule has 4 aromatic heterocycles. The van der Waals surface area contributed by atoms with Crippen LogP contribution in [0.1, 0.15) is 24.4 Å². The Morgan fingerprint density at radius 2 is 1.88 bits per heavy atom. The fourth-order valence-corrected chi connectivity index (χ4v) is 4.58. The Balaban J connectivity index is 1.38. The first-order chi connectivity index (χ1) is 16.1. The van der Waals surface area contributed by atoms with Gasteiger partial charge in [0.2, 0.25) is 0 Å². The first-order valence-corrected chi connectivity index (χ1v) is 10.8. The molecule has 1 aliphatic heterocycles. The topological polar surface area (TPSA) is 56.2 Å². The van der Waals surface area contributed by atoms with Crippen molar-refractivity contribution >= 4 is 11.5 Å². The first kappa shape index (κ1) is 19.7. The molecule has 1 fully saturated rings. The summed E-state index contributed by atoms with van der Waals surface area (Å²) in [6.07, 6.45) is 12.9. The molecule has 0 saturated carbocycles. The maximum atomic E-state index is 14.5. The molecule has 0 amide bonds. The predicted octanol–water partition coefficient (Wildman–Crippen LogP) is 4.54. The van der Waals surface area contributed by atoms with Crippen LogP contribution in [0.15, 0.2) is 67.5 Å². The second kappa shape index (κ2) is 7.54. The van der Waals surface area contributed by atoms with Crippen LogP contribution in [0.25, 0.3) is 22.5 Å². The van der Waals surface area contributed by atoms with Gasteiger partial charge in [-0.25, -0.2) is 23.0 Å². The van der Waals surface area contributed by atoms with Crippen molar-refractivity contribution in [3.63, 3.8) is 0 Å². The number of halogens is 2. The van der Waals surface area contributed by atoms with E-state index in [1.807, 2.05) is 59.6 Å². The molecule has 1 saturated heterocycles. The van der Waals surface area contributed by atoms with Crippen molar-refractivity contribution in [3.8, 4) is 16.8 Å². The molecule has 9 heteroatoms. The lowest BCUT2D eigenvalue weighted by atomic mass is 10.0. The van der Waals surface area contributed by atoms with Crippen LogP contribution < -0.4 is 4.90 Å². The highest BCUT2D eigenvalue weighted by Gasteiger charge is 2.30. The zero-order chi connectivity index (χ0) is 22.5. The number of aryl methyl sites for hydroxylation is 1. The Morgan fingerprint density at radius 3 is 2.73 bits per heavy atom. The molecule has 1 aliphatic rings. The molecule has 0 bridgehead atoms. The average molecular weight is 445 g/mol. The summed E-state index contributed by atoms with van der Waals surface area (Å²) >= 11 is 0. The number of anilines is 1. The Labute approximate surface area is 188 Å². The molecular weight excluding hydrogens is 424 g/mol. The number of rotatable bonds is 4. The van der Waals surface area contributed by atoms with Crippen LogP contribution in [-0.4, -0.2) is 35.5 Å². The molecule has 0 spiro atoms. The lowest BCUT2D eigenvalue weighted by Crippen LogP contribution is -2.24. The van der Waals surface area contributed by atoms with Gasteiger partial charge in [-0.1, -0.05) is 0 Å². The van der Waals surface area contributed by atoms with E-state index in [1.165, 1.54) is 12.1 Å². The Morgan fingerprint density at radius 1 is 0.970 bits per heavy atom. The summed E-state index contributed by atoms with van der Waals surface area (Å²) in [5.41, 5.74) is 3.81. The third-order valence-electron chi connectivity index (χ3n) is 6.19. The summed E-state index contributed by atoms with van der Waals surface area (Å²) in [5.74, 6) is -0.136. The van der Waals surface area contributed by atoms with Crippen LogP contribution in [0.4, 0.5) is 14.6 Å². The summed E-state index contributed by atoms with van der Waals surface area (Å²) in [5, 5.41) is 8.93. The largest absolute Gasteiger partial charge is 0.357 e. The molecule has 1 aromatic carbocycles. The highest BCUT2D eigenvalue weighted by Crippen LogP contribution is 2.37. The van der Waals surface area contributed by atoms with Gasteiger partial charge in [0.05, 0.1) is 18.4 Å². The molecule has 0 unspecified atom stereocenters. The second-order valence-electron chi connectivity index (χ2n) is 8.34. The number of benzene rings is 1. The Kier molecular flexibility index (Phi) is 4.49. The van der Waals surface area contributed by atoms with Crippen molar-refractivity contribution in [2.75, 3.05) is 11.4 Å². The summed E-state index contributed by atoms with van der Waals surface area (Å²) in [6.45, 7) is 0.715. The van der Waals surface area contributed by atoms with Crippen molar-refractivity contribution in [3.05, 3.63) is 84.7 Å². The van der Waals surface area contributed by atoms with E-state index in [9.17, 15) is 8.78 Å². The van der Waals surface area contributed by atoms with Gasteiger partial charge in [-0.05, 0) is 43.2 Å². The van der Waals surface area contributed by atoms with E-state index in [1.54, 1.807) is 15.4 Å². The molecule has 5 aromatic rings. The number of hydrogen-bond donors (Lipinski definition) is 0. The van der Waals surface area contributed by atoms with Gasteiger partial charge in [0, 0.05) is 55.1 Å². The Hall–Kier alpha value is -4.01. The van der Waals surface area contributed by atoms with Crippen molar-refractivity contribution in [1.29, 1.82) is 0 Å². The van der Waals surface area contributed by atoms with Crippen LogP contribution in [0, 0.1) is 11.6 Å². The van der Waals surface area contributed by atoms with Crippen LogP contribution in [-0.2, 0) is 7.05 Å². The second-order valence-corrected chi connectivity index (χ2v) is 8.34. The average Bonchev–Trinajstić information content (AvgIpc) is 3.60. The molecule has 33 heavy (non-hydrogen) atoms. The smallest absolute Gasteiger partial charge is 0.183 e. The van der Waals surface area contributed by atoms with Crippen LogP contribution in [0.2, 0.25) is 0 Å². The summed E-state index contributed by atoms with van der Waals surface area (Å²) in [7, 11) is 1.98. The molecule has 5 heterocycles. The number of aromatic nitrogens is 6. The fraction of sp³-hybridized carbons (Fsp3) is 0.208. The van der Waals surface area contributed by atoms with Gasteiger partial charge >= 0.3 is 0 Å². The van der Waals surface area contributed by atoms with Gasteiger partial charge in [-0.15, -0.1) is 0 Å². The van der Waals surface area contributed by atoms with Crippen molar-refractivity contribution in [1.82, 2.24) is 28.9 Å². The SMILES string of the molecule is Cn1ccc(-c2cnn(-c3cnn4ccc(N5CCC[C@@H]5c5cc(F)ccc5F)nc34)c2)c1. The summed E-state index contributed by atoms with van der Waals surface area (Å²) in [6, 6.07) is 7.25. The highest BCUT2D eigenvalue weighted by atomic mass is 19.1. The molecule has 166 valence electrons. The van der Waals surface area contributed by atoms with E-state index in [0.717, 1.165) is 35.7 Å². The van der Waals surface area contributed by atoms with Crippen LogP contribution >= 0.6 is 0 Å². The van der Waals surface area contributed by atoms with Crippen molar-refractivity contribution < 1.29 is 8.78 Å². The van der Waals surface area contributed by atoms with E-state index in [4.69, 9.17) is 4.98 Å². The number of nitrogens with zero attached hydrogens (tertiary/aromatic N) is 7. The van der Waals surface area contributed by atoms with Crippen molar-refractivity contribution in [2.45, 2.75) is 18.9 Å². The highest BCUT2D eigenvalue weighted by molar-refractivity contribution is 5.65. The van der Waals surface area contributed by atoms with E-state index >= 15 is 0 Å². The van der Waals surface area contributed by atoms with E-state index in [0.29, 0.717) is 23.6 Å². The van der Waals surface area contributed by atoms with E-state index in [-0.39, 0.29) is 6.04 Å². The van der Waals surface area contributed by atoms with Crippen molar-refractivity contribution in [2.24, 2.45) is 7.05 Å². The quantitative estimate of drug-likeness (QED) is 0.408. The minimum atomic E-state index is -0.437. The maximum absolute atomic E-state index is 14.5. The van der Waals surface area contributed by atoms with Gasteiger partial charge < -0.3 is 9.47 Å². The number of hydrogen-bond acceptors (Lipinski definition) is 4. The third kappa shape index (κ3) is 3.36. The van der Waals surface area contributed by atoms with Gasteiger partial charge in [-0.3, -0.25) is 0 Å². The maximum Gasteiger partial charge on any atom is 0.183 e. The van der Waals surface area contributed by atoms with Gasteiger partial charge in [-0.2, -0.15) is 10.2 Å². The molecule has 7 nitrogen and oxygen atoms in total. The molecule has 1 atom stereocenters. The zero-order valence-corrected chi connectivity index (χ0v) is 17.9. The number of fused-ring (bicyclic) bond motifs is 1. The van der Waals surface area contributed by atoms with Gasteiger partial charge in [0.15, 0.2) is 5.65 Å². The summed E-state index contributed by atoms with van der Waals surface area (Å²) in [4.78, 5) is 6.89. The predicted molar refractivity (Wildman–Crippen MR) is 120 cm³/mol. The molecule has 0 aliphatic carbocycles. The van der Waals surface area contributed by atoms with E-state index in [2.05, 4.69) is 10.2 Å². The molecule has 6 rings (SSSR count). The fourth-order valence-electron chi connectivity index (χ4n) is 4.58. The van der Waals surface area contributed by atoms with Crippen LogP contribution in [0.3, 0.4) is 0 Å². The van der Waals surface area contributed by atoms with E-state index < -0.39 is 11.6 Å². The minimum absolute atomic E-state index is 0.267. The third-order valence-corrected chi connectivity index (χ3v) is 6.19. The lowest BCUT2D eigenvalue weighted by Gasteiger charge is -2.26. The zero-order valence-electron chi connectivity index (χ0n) is 17.9. The minimum Gasteiger partial charge on any atom is -0.357 e. The lowest BCUT2D eigenvalue weighted by molar-refractivity contribution is 0.560. The summed E-state index contributed by atoms with van der Waals surface area (Å²) < 4.78 is 33.8. The Bertz CT molecular complexity index is 1460. The molecule has 0 radical (unpaired) electrons. The van der Waals surface area contributed by atoms with Gasteiger partial charge in [0.25, 0.3) is 0 Å². The molecule has 0 N–H and O–H groups in total.